The Bertz CT molecular complexity index is 786. The van der Waals surface area contributed by atoms with Crippen LogP contribution >= 0.6 is 0 Å². The van der Waals surface area contributed by atoms with Gasteiger partial charge in [-0.05, 0) is 23.8 Å². The first kappa shape index (κ1) is 17.9. The van der Waals surface area contributed by atoms with Crippen LogP contribution < -0.4 is 9.64 Å². The van der Waals surface area contributed by atoms with Gasteiger partial charge in [-0.15, -0.1) is 0 Å². The molecule has 2 aromatic rings. The molecule has 1 heterocycles. The van der Waals surface area contributed by atoms with Gasteiger partial charge >= 0.3 is 5.97 Å². The molecule has 0 radical (unpaired) electrons. The fourth-order valence-corrected chi connectivity index (χ4v) is 2.76. The number of rotatable bonds is 7. The van der Waals surface area contributed by atoms with E-state index in [0.29, 0.717) is 23.5 Å². The highest BCUT2D eigenvalue weighted by atomic mass is 16.6. The predicted molar refractivity (Wildman–Crippen MR) is 96.6 cm³/mol. The number of carbonyl (C=O) groups excluding carboxylic acids is 2. The minimum absolute atomic E-state index is 0.219. The average Bonchev–Trinajstić information content (AvgIpc) is 2.65. The summed E-state index contributed by atoms with van der Waals surface area (Å²) in [6.45, 7) is 1.06. The SMILES string of the molecule is COC(=O)c1ccc(OC2(C=O)COC2)c(N(C)Cc2ccccc2)c1. The molecule has 0 N–H and O–H groups in total. The normalized spacial score (nSPS) is 14.8. The monoisotopic (exact) mass is 355 g/mol. The molecule has 0 amide bonds. The standard InChI is InChI=1S/C20H21NO5/c1-21(11-15-6-4-3-5-7-15)17-10-16(19(23)24-2)8-9-18(17)26-20(12-22)13-25-14-20/h3-10,12H,11,13-14H2,1-2H3. The van der Waals surface area contributed by atoms with Crippen molar-refractivity contribution in [2.75, 3.05) is 32.3 Å². The maximum atomic E-state index is 11.9. The largest absolute Gasteiger partial charge is 0.473 e. The van der Waals surface area contributed by atoms with Crippen molar-refractivity contribution in [3.05, 3.63) is 59.7 Å². The van der Waals surface area contributed by atoms with E-state index in [9.17, 15) is 9.59 Å². The molecule has 2 aromatic carbocycles. The number of nitrogens with zero attached hydrogens (tertiary/aromatic N) is 1. The highest BCUT2D eigenvalue weighted by Gasteiger charge is 2.41. The second kappa shape index (κ2) is 7.58. The molecule has 0 spiro atoms. The van der Waals surface area contributed by atoms with Crippen LogP contribution in [0.15, 0.2) is 48.5 Å². The molecular formula is C20H21NO5. The number of carbonyl (C=O) groups is 2. The molecule has 0 unspecified atom stereocenters. The lowest BCUT2D eigenvalue weighted by atomic mass is 10.0. The molecule has 136 valence electrons. The van der Waals surface area contributed by atoms with Gasteiger partial charge in [0.1, 0.15) is 5.75 Å². The van der Waals surface area contributed by atoms with E-state index in [-0.39, 0.29) is 13.2 Å². The summed E-state index contributed by atoms with van der Waals surface area (Å²) in [5, 5.41) is 0. The summed E-state index contributed by atoms with van der Waals surface area (Å²) in [7, 11) is 3.24. The molecule has 1 aliphatic heterocycles. The Kier molecular flexibility index (Phi) is 5.23. The molecule has 6 heteroatoms. The van der Waals surface area contributed by atoms with Gasteiger partial charge in [-0.1, -0.05) is 30.3 Å². The number of anilines is 1. The third-order valence-corrected chi connectivity index (χ3v) is 4.27. The van der Waals surface area contributed by atoms with Crippen LogP contribution in [0, 0.1) is 0 Å². The average molecular weight is 355 g/mol. The first-order chi connectivity index (χ1) is 12.6. The fraction of sp³-hybridized carbons (Fsp3) is 0.300. The van der Waals surface area contributed by atoms with Gasteiger partial charge in [-0.25, -0.2) is 4.79 Å². The second-order valence-electron chi connectivity index (χ2n) is 6.29. The smallest absolute Gasteiger partial charge is 0.337 e. The third kappa shape index (κ3) is 3.70. The molecule has 0 aliphatic carbocycles. The van der Waals surface area contributed by atoms with Crippen molar-refractivity contribution in [3.8, 4) is 5.75 Å². The Balaban J connectivity index is 1.92. The van der Waals surface area contributed by atoms with Crippen molar-refractivity contribution in [2.24, 2.45) is 0 Å². The molecule has 0 aromatic heterocycles. The second-order valence-corrected chi connectivity index (χ2v) is 6.29. The topological polar surface area (TPSA) is 65.1 Å². The van der Waals surface area contributed by atoms with Crippen LogP contribution in [0.5, 0.6) is 5.75 Å². The van der Waals surface area contributed by atoms with Crippen molar-refractivity contribution < 1.29 is 23.8 Å². The molecule has 1 fully saturated rings. The molecule has 6 nitrogen and oxygen atoms in total. The number of esters is 1. The van der Waals surface area contributed by atoms with Crippen LogP contribution in [0.3, 0.4) is 0 Å². The van der Waals surface area contributed by atoms with Crippen LogP contribution in [0.2, 0.25) is 0 Å². The lowest BCUT2D eigenvalue weighted by Crippen LogP contribution is -2.56. The molecule has 1 saturated heterocycles. The first-order valence-corrected chi connectivity index (χ1v) is 8.27. The summed E-state index contributed by atoms with van der Waals surface area (Å²) in [4.78, 5) is 25.3. The van der Waals surface area contributed by atoms with E-state index in [0.717, 1.165) is 11.8 Å². The Morgan fingerprint density at radius 1 is 1.23 bits per heavy atom. The molecule has 26 heavy (non-hydrogen) atoms. The van der Waals surface area contributed by atoms with E-state index in [4.69, 9.17) is 14.2 Å². The molecule has 0 saturated carbocycles. The quantitative estimate of drug-likeness (QED) is 0.561. The summed E-state index contributed by atoms with van der Waals surface area (Å²) in [6, 6.07) is 15.0. The zero-order valence-corrected chi connectivity index (χ0v) is 14.8. The lowest BCUT2D eigenvalue weighted by Gasteiger charge is -2.37. The molecule has 3 rings (SSSR count). The minimum atomic E-state index is -0.963. The molecular weight excluding hydrogens is 334 g/mol. The van der Waals surface area contributed by atoms with Crippen molar-refractivity contribution in [2.45, 2.75) is 12.1 Å². The van der Waals surface area contributed by atoms with Gasteiger partial charge in [0.15, 0.2) is 6.29 Å². The third-order valence-electron chi connectivity index (χ3n) is 4.27. The van der Waals surface area contributed by atoms with E-state index in [2.05, 4.69) is 0 Å². The van der Waals surface area contributed by atoms with Crippen LogP contribution in [0.1, 0.15) is 15.9 Å². The van der Waals surface area contributed by atoms with Crippen molar-refractivity contribution in [1.29, 1.82) is 0 Å². The number of ether oxygens (including phenoxy) is 3. The fourth-order valence-electron chi connectivity index (χ4n) is 2.76. The zero-order chi connectivity index (χ0) is 18.6. The van der Waals surface area contributed by atoms with Crippen LogP contribution in [-0.4, -0.2) is 45.2 Å². The number of aldehydes is 1. The van der Waals surface area contributed by atoms with Gasteiger partial charge < -0.3 is 19.1 Å². The minimum Gasteiger partial charge on any atom is -0.473 e. The van der Waals surface area contributed by atoms with Gasteiger partial charge in [0.25, 0.3) is 0 Å². The van der Waals surface area contributed by atoms with Crippen LogP contribution in [-0.2, 0) is 20.8 Å². The summed E-state index contributed by atoms with van der Waals surface area (Å²) < 4.78 is 15.9. The van der Waals surface area contributed by atoms with Crippen molar-refractivity contribution >= 4 is 17.9 Å². The number of hydrogen-bond donors (Lipinski definition) is 0. The van der Waals surface area contributed by atoms with Gasteiger partial charge in [-0.2, -0.15) is 0 Å². The molecule has 0 atom stereocenters. The Labute approximate surface area is 152 Å². The summed E-state index contributed by atoms with van der Waals surface area (Å²) >= 11 is 0. The summed E-state index contributed by atoms with van der Waals surface area (Å²) in [5.74, 6) is 0.0921. The summed E-state index contributed by atoms with van der Waals surface area (Å²) in [5.41, 5.74) is 1.26. The van der Waals surface area contributed by atoms with E-state index in [1.54, 1.807) is 18.2 Å². The maximum absolute atomic E-state index is 11.9. The Morgan fingerprint density at radius 3 is 2.54 bits per heavy atom. The van der Waals surface area contributed by atoms with Gasteiger partial charge in [0, 0.05) is 13.6 Å². The van der Waals surface area contributed by atoms with Crippen LogP contribution in [0.4, 0.5) is 5.69 Å². The predicted octanol–water partition coefficient (Wildman–Crippen LogP) is 2.46. The van der Waals surface area contributed by atoms with Gasteiger partial charge in [0.2, 0.25) is 5.60 Å². The lowest BCUT2D eigenvalue weighted by molar-refractivity contribution is -0.167. The number of methoxy groups -OCH3 is 1. The maximum Gasteiger partial charge on any atom is 0.337 e. The Morgan fingerprint density at radius 2 is 1.96 bits per heavy atom. The number of hydrogen-bond acceptors (Lipinski definition) is 6. The van der Waals surface area contributed by atoms with Gasteiger partial charge in [0.05, 0.1) is 31.6 Å². The van der Waals surface area contributed by atoms with E-state index in [1.807, 2.05) is 42.3 Å². The molecule has 0 bridgehead atoms. The van der Waals surface area contributed by atoms with Crippen molar-refractivity contribution in [1.82, 2.24) is 0 Å². The first-order valence-electron chi connectivity index (χ1n) is 8.27. The van der Waals surface area contributed by atoms with E-state index >= 15 is 0 Å². The van der Waals surface area contributed by atoms with E-state index < -0.39 is 11.6 Å². The van der Waals surface area contributed by atoms with Crippen molar-refractivity contribution in [3.63, 3.8) is 0 Å². The van der Waals surface area contributed by atoms with Gasteiger partial charge in [-0.3, -0.25) is 4.79 Å². The Hall–Kier alpha value is -2.86. The number of benzene rings is 2. The molecule has 1 aliphatic rings. The highest BCUT2D eigenvalue weighted by molar-refractivity contribution is 5.91. The highest BCUT2D eigenvalue weighted by Crippen LogP contribution is 2.34. The van der Waals surface area contributed by atoms with Crippen LogP contribution in [0.25, 0.3) is 0 Å². The zero-order valence-electron chi connectivity index (χ0n) is 14.8. The summed E-state index contributed by atoms with van der Waals surface area (Å²) in [6.07, 6.45) is 0.770. The van der Waals surface area contributed by atoms with E-state index in [1.165, 1.54) is 7.11 Å².